The number of nitrogen functional groups attached to an aromatic ring is 1. The highest BCUT2D eigenvalue weighted by atomic mass is 16.5. The van der Waals surface area contributed by atoms with Crippen molar-refractivity contribution >= 4 is 5.69 Å². The SMILES string of the molecule is CC1/C=C\C=C/COc2cccc(N)c21. The third-order valence-electron chi connectivity index (χ3n) is 2.54. The molecule has 0 amide bonds. The van der Waals surface area contributed by atoms with Gasteiger partial charge >= 0.3 is 0 Å². The number of rotatable bonds is 0. The monoisotopic (exact) mass is 201 g/mol. The quantitative estimate of drug-likeness (QED) is 0.655. The first-order valence-electron chi connectivity index (χ1n) is 5.13. The zero-order chi connectivity index (χ0) is 10.7. The van der Waals surface area contributed by atoms with E-state index in [2.05, 4.69) is 13.0 Å². The summed E-state index contributed by atoms with van der Waals surface area (Å²) in [6.45, 7) is 2.71. The predicted molar refractivity (Wildman–Crippen MR) is 63.0 cm³/mol. The Balaban J connectivity index is 2.49. The van der Waals surface area contributed by atoms with Gasteiger partial charge in [0.15, 0.2) is 0 Å². The zero-order valence-electron chi connectivity index (χ0n) is 8.81. The Morgan fingerprint density at radius 1 is 1.33 bits per heavy atom. The fourth-order valence-electron chi connectivity index (χ4n) is 1.77. The summed E-state index contributed by atoms with van der Waals surface area (Å²) in [5.41, 5.74) is 7.85. The first-order chi connectivity index (χ1) is 7.29. The summed E-state index contributed by atoms with van der Waals surface area (Å²) in [4.78, 5) is 0. The standard InChI is InChI=1S/C13H15NO/c1-10-6-3-2-4-9-15-12-8-5-7-11(14)13(10)12/h2-8,10H,9,14H2,1H3/b4-2-,6-3-. The molecule has 1 atom stereocenters. The van der Waals surface area contributed by atoms with E-state index in [1.165, 1.54) is 0 Å². The van der Waals surface area contributed by atoms with E-state index in [1.54, 1.807) is 0 Å². The van der Waals surface area contributed by atoms with Gasteiger partial charge < -0.3 is 10.5 Å². The van der Waals surface area contributed by atoms with Crippen molar-refractivity contribution in [1.82, 2.24) is 0 Å². The summed E-state index contributed by atoms with van der Waals surface area (Å²) in [7, 11) is 0. The molecule has 1 unspecified atom stereocenters. The van der Waals surface area contributed by atoms with Crippen molar-refractivity contribution in [3.63, 3.8) is 0 Å². The first kappa shape index (κ1) is 9.84. The van der Waals surface area contributed by atoms with Crippen LogP contribution in [0.5, 0.6) is 5.75 Å². The van der Waals surface area contributed by atoms with Crippen molar-refractivity contribution in [2.24, 2.45) is 0 Å². The Morgan fingerprint density at radius 2 is 2.20 bits per heavy atom. The van der Waals surface area contributed by atoms with Gasteiger partial charge in [-0.2, -0.15) is 0 Å². The van der Waals surface area contributed by atoms with Crippen LogP contribution in [0.25, 0.3) is 0 Å². The molecule has 1 aromatic rings. The molecule has 1 heterocycles. The van der Waals surface area contributed by atoms with Gasteiger partial charge in [-0.15, -0.1) is 0 Å². The number of hydrogen-bond acceptors (Lipinski definition) is 2. The lowest BCUT2D eigenvalue weighted by Gasteiger charge is -2.15. The van der Waals surface area contributed by atoms with Gasteiger partial charge in [-0.25, -0.2) is 0 Å². The Morgan fingerprint density at radius 3 is 3.07 bits per heavy atom. The van der Waals surface area contributed by atoms with Crippen LogP contribution in [0.3, 0.4) is 0 Å². The van der Waals surface area contributed by atoms with E-state index in [-0.39, 0.29) is 5.92 Å². The van der Waals surface area contributed by atoms with Gasteiger partial charge in [0.05, 0.1) is 0 Å². The Hall–Kier alpha value is -1.70. The lowest BCUT2D eigenvalue weighted by molar-refractivity contribution is 0.359. The normalized spacial score (nSPS) is 23.9. The summed E-state index contributed by atoms with van der Waals surface area (Å²) in [6, 6.07) is 5.80. The maximum atomic E-state index is 5.97. The summed E-state index contributed by atoms with van der Waals surface area (Å²) in [5, 5.41) is 0. The third-order valence-corrected chi connectivity index (χ3v) is 2.54. The average Bonchev–Trinajstić information content (AvgIpc) is 2.30. The molecule has 15 heavy (non-hydrogen) atoms. The molecule has 2 N–H and O–H groups in total. The molecule has 2 heteroatoms. The van der Waals surface area contributed by atoms with Gasteiger partial charge in [-0.3, -0.25) is 0 Å². The molecule has 0 spiro atoms. The molecule has 0 radical (unpaired) electrons. The van der Waals surface area contributed by atoms with E-state index in [0.717, 1.165) is 17.0 Å². The summed E-state index contributed by atoms with van der Waals surface area (Å²) in [5.74, 6) is 1.17. The molecule has 2 rings (SSSR count). The van der Waals surface area contributed by atoms with Crippen molar-refractivity contribution < 1.29 is 4.74 Å². The Bertz CT molecular complexity index is 407. The molecule has 0 aromatic heterocycles. The van der Waals surface area contributed by atoms with Crippen LogP contribution in [0.1, 0.15) is 18.4 Å². The van der Waals surface area contributed by atoms with Crippen LogP contribution in [-0.4, -0.2) is 6.61 Å². The highest BCUT2D eigenvalue weighted by Crippen LogP contribution is 2.33. The van der Waals surface area contributed by atoms with E-state index in [0.29, 0.717) is 6.61 Å². The maximum Gasteiger partial charge on any atom is 0.125 e. The maximum absolute atomic E-state index is 5.97. The van der Waals surface area contributed by atoms with Crippen molar-refractivity contribution in [3.8, 4) is 5.75 Å². The fraction of sp³-hybridized carbons (Fsp3) is 0.231. The second kappa shape index (κ2) is 4.22. The van der Waals surface area contributed by atoms with Crippen LogP contribution < -0.4 is 10.5 Å². The molecule has 0 aliphatic carbocycles. The smallest absolute Gasteiger partial charge is 0.125 e. The van der Waals surface area contributed by atoms with E-state index in [1.807, 2.05) is 36.4 Å². The third kappa shape index (κ3) is 2.04. The van der Waals surface area contributed by atoms with Crippen LogP contribution in [0.4, 0.5) is 5.69 Å². The largest absolute Gasteiger partial charge is 0.489 e. The molecule has 0 saturated carbocycles. The molecule has 0 bridgehead atoms. The van der Waals surface area contributed by atoms with Gasteiger partial charge in [0.1, 0.15) is 12.4 Å². The molecule has 1 aliphatic rings. The second-order valence-electron chi connectivity index (χ2n) is 3.67. The Kier molecular flexibility index (Phi) is 2.77. The number of hydrogen-bond donors (Lipinski definition) is 1. The molecule has 0 saturated heterocycles. The second-order valence-corrected chi connectivity index (χ2v) is 3.67. The van der Waals surface area contributed by atoms with Gasteiger partial charge in [0.25, 0.3) is 0 Å². The number of ether oxygens (including phenoxy) is 1. The predicted octanol–water partition coefficient (Wildman–Crippen LogP) is 2.88. The minimum atomic E-state index is 0.281. The number of allylic oxidation sites excluding steroid dienone is 3. The molecular weight excluding hydrogens is 186 g/mol. The lowest BCUT2D eigenvalue weighted by atomic mass is 9.98. The molecule has 1 aromatic carbocycles. The zero-order valence-corrected chi connectivity index (χ0v) is 8.81. The number of nitrogens with two attached hydrogens (primary N) is 1. The summed E-state index contributed by atoms with van der Waals surface area (Å²) in [6.07, 6.45) is 8.15. The molecule has 78 valence electrons. The topological polar surface area (TPSA) is 35.2 Å². The van der Waals surface area contributed by atoms with Gasteiger partial charge in [0, 0.05) is 17.2 Å². The molecule has 2 nitrogen and oxygen atoms in total. The van der Waals surface area contributed by atoms with Crippen molar-refractivity contribution in [2.45, 2.75) is 12.8 Å². The number of anilines is 1. The van der Waals surface area contributed by atoms with E-state index < -0.39 is 0 Å². The minimum absolute atomic E-state index is 0.281. The van der Waals surface area contributed by atoms with Crippen LogP contribution in [0.2, 0.25) is 0 Å². The van der Waals surface area contributed by atoms with Gasteiger partial charge in [0.2, 0.25) is 0 Å². The minimum Gasteiger partial charge on any atom is -0.489 e. The van der Waals surface area contributed by atoms with E-state index >= 15 is 0 Å². The van der Waals surface area contributed by atoms with Gasteiger partial charge in [-0.05, 0) is 18.2 Å². The van der Waals surface area contributed by atoms with Gasteiger partial charge in [-0.1, -0.05) is 31.2 Å². The summed E-state index contributed by atoms with van der Waals surface area (Å²) < 4.78 is 5.65. The molecule has 0 fully saturated rings. The highest BCUT2D eigenvalue weighted by Gasteiger charge is 2.12. The van der Waals surface area contributed by atoms with E-state index in [9.17, 15) is 0 Å². The fourth-order valence-corrected chi connectivity index (χ4v) is 1.77. The van der Waals surface area contributed by atoms with Crippen LogP contribution in [0.15, 0.2) is 42.5 Å². The van der Waals surface area contributed by atoms with Crippen LogP contribution in [0, 0.1) is 0 Å². The van der Waals surface area contributed by atoms with Crippen molar-refractivity contribution in [2.75, 3.05) is 12.3 Å². The van der Waals surface area contributed by atoms with Crippen molar-refractivity contribution in [1.29, 1.82) is 0 Å². The number of benzene rings is 1. The Labute approximate surface area is 90.1 Å². The first-order valence-corrected chi connectivity index (χ1v) is 5.13. The lowest BCUT2D eigenvalue weighted by Crippen LogP contribution is -2.02. The van der Waals surface area contributed by atoms with Crippen molar-refractivity contribution in [3.05, 3.63) is 48.1 Å². The van der Waals surface area contributed by atoms with E-state index in [4.69, 9.17) is 10.5 Å². The number of fused-ring (bicyclic) bond motifs is 1. The summed E-state index contributed by atoms with van der Waals surface area (Å²) >= 11 is 0. The van der Waals surface area contributed by atoms with Crippen LogP contribution in [-0.2, 0) is 0 Å². The highest BCUT2D eigenvalue weighted by molar-refractivity contribution is 5.57. The molecular formula is C13H15NO. The van der Waals surface area contributed by atoms with Crippen LogP contribution >= 0.6 is 0 Å². The average molecular weight is 201 g/mol. The molecule has 1 aliphatic heterocycles.